The van der Waals surface area contributed by atoms with Gasteiger partial charge in [0.2, 0.25) is 0 Å². The Hall–Kier alpha value is -0.550. The van der Waals surface area contributed by atoms with Gasteiger partial charge in [0.05, 0.1) is 7.11 Å². The van der Waals surface area contributed by atoms with Crippen LogP contribution in [0.25, 0.3) is 0 Å². The van der Waals surface area contributed by atoms with Crippen molar-refractivity contribution in [3.05, 3.63) is 24.3 Å². The highest BCUT2D eigenvalue weighted by atomic mass is 31.1. The van der Waals surface area contributed by atoms with E-state index in [2.05, 4.69) is 45.0 Å². The monoisotopic (exact) mass is 266 g/mol. The van der Waals surface area contributed by atoms with Crippen LogP contribution in [-0.2, 0) is 0 Å². The third-order valence-electron chi connectivity index (χ3n) is 3.54. The molecule has 18 heavy (non-hydrogen) atoms. The summed E-state index contributed by atoms with van der Waals surface area (Å²) in [5.74, 6) is 1.08. The second-order valence-electron chi connectivity index (χ2n) is 4.66. The lowest BCUT2D eigenvalue weighted by Gasteiger charge is -2.27. The number of ether oxygens (including phenoxy) is 1. The molecule has 2 atom stereocenters. The lowest BCUT2D eigenvalue weighted by Crippen LogP contribution is -2.16. The Balaban J connectivity index is 2.92. The first-order valence-electron chi connectivity index (χ1n) is 7.18. The third kappa shape index (κ3) is 3.99. The predicted octanol–water partition coefficient (Wildman–Crippen LogP) is 4.79. The molecule has 0 radical (unpaired) electrons. The summed E-state index contributed by atoms with van der Waals surface area (Å²) in [5.41, 5.74) is 0.848. The molecule has 1 aromatic carbocycles. The van der Waals surface area contributed by atoms with E-state index in [4.69, 9.17) is 4.74 Å². The predicted molar refractivity (Wildman–Crippen MR) is 83.7 cm³/mol. The molecular formula is C16H27OP. The number of benzene rings is 1. The summed E-state index contributed by atoms with van der Waals surface area (Å²) in [7, 11) is 1.71. The Kier molecular flexibility index (Phi) is 7.35. The van der Waals surface area contributed by atoms with E-state index in [0.717, 1.165) is 11.4 Å². The molecule has 0 saturated heterocycles. The second kappa shape index (κ2) is 8.53. The van der Waals surface area contributed by atoms with Crippen molar-refractivity contribution in [1.82, 2.24) is 0 Å². The van der Waals surface area contributed by atoms with Crippen molar-refractivity contribution in [2.75, 3.05) is 13.3 Å². The van der Waals surface area contributed by atoms with E-state index in [-0.39, 0.29) is 7.92 Å². The van der Waals surface area contributed by atoms with Crippen molar-refractivity contribution in [1.29, 1.82) is 0 Å². The van der Waals surface area contributed by atoms with Crippen LogP contribution >= 0.6 is 7.92 Å². The van der Waals surface area contributed by atoms with Gasteiger partial charge < -0.3 is 4.74 Å². The fourth-order valence-corrected chi connectivity index (χ4v) is 5.42. The van der Waals surface area contributed by atoms with Gasteiger partial charge >= 0.3 is 0 Å². The molecule has 0 aliphatic carbocycles. The van der Waals surface area contributed by atoms with E-state index >= 15 is 0 Å². The van der Waals surface area contributed by atoms with Crippen LogP contribution < -0.4 is 10.0 Å². The molecule has 0 fully saturated rings. The largest absolute Gasteiger partial charge is 0.496 e. The molecule has 0 aliphatic heterocycles. The third-order valence-corrected chi connectivity index (χ3v) is 6.71. The molecule has 1 rings (SSSR count). The van der Waals surface area contributed by atoms with Crippen LogP contribution in [0.2, 0.25) is 0 Å². The van der Waals surface area contributed by atoms with Crippen molar-refractivity contribution >= 4 is 13.2 Å². The fourth-order valence-electron chi connectivity index (χ4n) is 2.51. The normalized spacial score (nSPS) is 14.2. The van der Waals surface area contributed by atoms with Crippen molar-refractivity contribution in [3.63, 3.8) is 0 Å². The molecule has 1 aromatic rings. The van der Waals surface area contributed by atoms with Gasteiger partial charge in [-0.15, -0.1) is 0 Å². The molecule has 0 amide bonds. The lowest BCUT2D eigenvalue weighted by molar-refractivity contribution is 0.418. The van der Waals surface area contributed by atoms with Gasteiger partial charge in [0.15, 0.2) is 0 Å². The molecule has 0 heterocycles. The smallest absolute Gasteiger partial charge is 0.126 e. The summed E-state index contributed by atoms with van der Waals surface area (Å²) in [6.07, 6.45) is 6.57. The highest BCUT2D eigenvalue weighted by Crippen LogP contribution is 2.46. The summed E-state index contributed by atoms with van der Waals surface area (Å²) in [5, 5.41) is 1.46. The molecule has 0 N–H and O–H groups in total. The molecule has 0 bridgehead atoms. The van der Waals surface area contributed by atoms with Crippen LogP contribution in [0.1, 0.15) is 46.5 Å². The Morgan fingerprint density at radius 3 is 2.44 bits per heavy atom. The van der Waals surface area contributed by atoms with Gasteiger partial charge in [-0.25, -0.2) is 0 Å². The van der Waals surface area contributed by atoms with Crippen LogP contribution in [0.5, 0.6) is 5.75 Å². The minimum atomic E-state index is -0.0803. The summed E-state index contributed by atoms with van der Waals surface area (Å²) < 4.78 is 5.54. The molecule has 2 heteroatoms. The molecule has 2 unspecified atom stereocenters. The standard InChI is InChI=1S/C16H27OP/c1-5-8-11-14(6-2)18(7-3)16-13-10-9-12-15(16)17-4/h9-10,12-14H,5-8,11H2,1-4H3. The van der Waals surface area contributed by atoms with E-state index in [1.807, 2.05) is 0 Å². The van der Waals surface area contributed by atoms with E-state index in [9.17, 15) is 0 Å². The van der Waals surface area contributed by atoms with Crippen LogP contribution in [-0.4, -0.2) is 18.9 Å². The quantitative estimate of drug-likeness (QED) is 0.615. The first-order valence-corrected chi connectivity index (χ1v) is 8.77. The topological polar surface area (TPSA) is 9.23 Å². The van der Waals surface area contributed by atoms with E-state index in [0.29, 0.717) is 0 Å². The maximum atomic E-state index is 5.54. The zero-order valence-corrected chi connectivity index (χ0v) is 13.2. The SMILES string of the molecule is CCCCC(CC)P(CC)c1ccccc1OC. The van der Waals surface area contributed by atoms with E-state index in [1.54, 1.807) is 7.11 Å². The molecule has 0 aromatic heterocycles. The average Bonchev–Trinajstić information content (AvgIpc) is 2.43. The molecule has 102 valence electrons. The van der Waals surface area contributed by atoms with E-state index < -0.39 is 0 Å². The van der Waals surface area contributed by atoms with Crippen LogP contribution in [0.4, 0.5) is 0 Å². The Labute approximate surface area is 114 Å². The fraction of sp³-hybridized carbons (Fsp3) is 0.625. The number of hydrogen-bond donors (Lipinski definition) is 0. The molecule has 0 saturated carbocycles. The van der Waals surface area contributed by atoms with Crippen molar-refractivity contribution in [3.8, 4) is 5.75 Å². The van der Waals surface area contributed by atoms with Gasteiger partial charge in [-0.05, 0) is 30.7 Å². The average molecular weight is 266 g/mol. The lowest BCUT2D eigenvalue weighted by atomic mass is 10.2. The summed E-state index contributed by atoms with van der Waals surface area (Å²) in [4.78, 5) is 0. The summed E-state index contributed by atoms with van der Waals surface area (Å²) in [6, 6.07) is 8.59. The minimum absolute atomic E-state index is 0.0803. The van der Waals surface area contributed by atoms with Gasteiger partial charge in [0, 0.05) is 5.30 Å². The molecule has 0 aliphatic rings. The summed E-state index contributed by atoms with van der Waals surface area (Å²) in [6.45, 7) is 6.94. The molecule has 1 nitrogen and oxygen atoms in total. The Morgan fingerprint density at radius 2 is 1.89 bits per heavy atom. The minimum Gasteiger partial charge on any atom is -0.496 e. The highest BCUT2D eigenvalue weighted by molar-refractivity contribution is 7.66. The van der Waals surface area contributed by atoms with Gasteiger partial charge in [-0.3, -0.25) is 0 Å². The Morgan fingerprint density at radius 1 is 1.17 bits per heavy atom. The van der Waals surface area contributed by atoms with Gasteiger partial charge in [0.1, 0.15) is 5.75 Å². The first-order chi connectivity index (χ1) is 8.78. The molecular weight excluding hydrogens is 239 g/mol. The van der Waals surface area contributed by atoms with E-state index in [1.165, 1.54) is 37.1 Å². The second-order valence-corrected chi connectivity index (χ2v) is 7.45. The highest BCUT2D eigenvalue weighted by Gasteiger charge is 2.21. The summed E-state index contributed by atoms with van der Waals surface area (Å²) >= 11 is 0. The Bertz CT molecular complexity index is 338. The van der Waals surface area contributed by atoms with Gasteiger partial charge in [-0.2, -0.15) is 0 Å². The maximum absolute atomic E-state index is 5.54. The zero-order valence-electron chi connectivity index (χ0n) is 12.3. The van der Waals surface area contributed by atoms with Gasteiger partial charge in [0.25, 0.3) is 0 Å². The van der Waals surface area contributed by atoms with Crippen LogP contribution in [0.15, 0.2) is 24.3 Å². The number of methoxy groups -OCH3 is 1. The number of unbranched alkanes of at least 4 members (excludes halogenated alkanes) is 1. The zero-order chi connectivity index (χ0) is 13.4. The number of hydrogen-bond acceptors (Lipinski definition) is 1. The van der Waals surface area contributed by atoms with Crippen LogP contribution in [0.3, 0.4) is 0 Å². The van der Waals surface area contributed by atoms with Crippen molar-refractivity contribution < 1.29 is 4.74 Å². The van der Waals surface area contributed by atoms with Crippen molar-refractivity contribution in [2.45, 2.75) is 52.1 Å². The molecule has 0 spiro atoms. The van der Waals surface area contributed by atoms with Gasteiger partial charge in [-0.1, -0.05) is 59.7 Å². The number of para-hydroxylation sites is 1. The first kappa shape index (κ1) is 15.5. The number of rotatable bonds is 8. The van der Waals surface area contributed by atoms with Crippen molar-refractivity contribution in [2.24, 2.45) is 0 Å². The maximum Gasteiger partial charge on any atom is 0.126 e. The van der Waals surface area contributed by atoms with Crippen LogP contribution in [0, 0.1) is 0 Å².